The van der Waals surface area contributed by atoms with Gasteiger partial charge in [-0.3, -0.25) is 29.0 Å². The molecule has 0 spiro atoms. The minimum atomic E-state index is -0.350. The second-order valence-electron chi connectivity index (χ2n) is 8.04. The Labute approximate surface area is 213 Å². The summed E-state index contributed by atoms with van der Waals surface area (Å²) in [6, 6.07) is 20.8. The summed E-state index contributed by atoms with van der Waals surface area (Å²) in [5.41, 5.74) is 2.85. The van der Waals surface area contributed by atoms with E-state index in [1.165, 1.54) is 33.3 Å². The van der Waals surface area contributed by atoms with Gasteiger partial charge in [0, 0.05) is 0 Å². The summed E-state index contributed by atoms with van der Waals surface area (Å²) in [5, 5.41) is 1.01. The van der Waals surface area contributed by atoms with Crippen molar-refractivity contribution in [2.75, 3.05) is 11.8 Å². The number of hydrogen-bond donors (Lipinski definition) is 0. The highest BCUT2D eigenvalue weighted by atomic mass is 32.2. The number of hydrogen-bond acceptors (Lipinski definition) is 8. The SMILES string of the molecule is O=C1c2ccccc2C(=O)N1CSc1nc2ccccc2nc1SCN1C(=O)c2ccccc2C1=O. The van der Waals surface area contributed by atoms with Gasteiger partial charge in [0.1, 0.15) is 10.1 Å². The van der Waals surface area contributed by atoms with E-state index in [0.29, 0.717) is 43.3 Å². The third kappa shape index (κ3) is 3.66. The van der Waals surface area contributed by atoms with E-state index in [1.54, 1.807) is 48.5 Å². The lowest BCUT2D eigenvalue weighted by molar-refractivity contribution is 0.0668. The second kappa shape index (κ2) is 8.89. The predicted molar refractivity (Wildman–Crippen MR) is 135 cm³/mol. The van der Waals surface area contributed by atoms with Crippen LogP contribution in [0, 0.1) is 0 Å². The largest absolute Gasteiger partial charge is 0.269 e. The van der Waals surface area contributed by atoms with Crippen LogP contribution >= 0.6 is 23.5 Å². The first-order valence-corrected chi connectivity index (χ1v) is 12.9. The number of carbonyl (C=O) groups excluding carboxylic acids is 4. The fourth-order valence-electron chi connectivity index (χ4n) is 4.12. The first kappa shape index (κ1) is 22.4. The van der Waals surface area contributed by atoms with Crippen molar-refractivity contribution >= 4 is 58.2 Å². The van der Waals surface area contributed by atoms with Crippen LogP contribution in [-0.4, -0.2) is 55.2 Å². The first-order chi connectivity index (χ1) is 17.5. The van der Waals surface area contributed by atoms with Crippen molar-refractivity contribution in [3.05, 3.63) is 95.1 Å². The zero-order valence-electron chi connectivity index (χ0n) is 18.6. The molecule has 0 fully saturated rings. The van der Waals surface area contributed by atoms with Crippen LogP contribution in [0.15, 0.2) is 82.8 Å². The van der Waals surface area contributed by atoms with E-state index >= 15 is 0 Å². The Morgan fingerprint density at radius 1 is 0.500 bits per heavy atom. The molecule has 8 nitrogen and oxygen atoms in total. The molecule has 6 rings (SSSR count). The molecule has 0 unspecified atom stereocenters. The van der Waals surface area contributed by atoms with E-state index < -0.39 is 0 Å². The van der Waals surface area contributed by atoms with Crippen LogP contribution in [0.3, 0.4) is 0 Å². The molecule has 4 aromatic rings. The molecule has 0 atom stereocenters. The zero-order chi connectivity index (χ0) is 24.8. The molecule has 2 aliphatic rings. The number of imide groups is 2. The van der Waals surface area contributed by atoms with Crippen LogP contribution in [0.4, 0.5) is 0 Å². The first-order valence-electron chi connectivity index (χ1n) is 11.0. The molecule has 3 aromatic carbocycles. The maximum atomic E-state index is 12.8. The molecule has 1 aromatic heterocycles. The number of nitrogens with zero attached hydrogens (tertiary/aromatic N) is 4. The Hall–Kier alpha value is -4.02. The average molecular weight is 513 g/mol. The van der Waals surface area contributed by atoms with Gasteiger partial charge in [-0.1, -0.05) is 59.9 Å². The molecule has 3 heterocycles. The van der Waals surface area contributed by atoms with Gasteiger partial charge in [0.05, 0.1) is 45.0 Å². The number of para-hydroxylation sites is 2. The van der Waals surface area contributed by atoms with E-state index in [2.05, 4.69) is 0 Å². The molecule has 0 saturated heterocycles. The molecule has 0 radical (unpaired) electrons. The Balaban J connectivity index is 1.26. The minimum absolute atomic E-state index is 0.0555. The van der Waals surface area contributed by atoms with Crippen molar-refractivity contribution in [3.63, 3.8) is 0 Å². The Kier molecular flexibility index (Phi) is 5.54. The van der Waals surface area contributed by atoms with Crippen molar-refractivity contribution in [3.8, 4) is 0 Å². The number of carbonyl (C=O) groups is 4. The maximum Gasteiger partial charge on any atom is 0.262 e. The van der Waals surface area contributed by atoms with Crippen molar-refractivity contribution in [1.82, 2.24) is 19.8 Å². The van der Waals surface area contributed by atoms with Crippen molar-refractivity contribution < 1.29 is 19.2 Å². The topological polar surface area (TPSA) is 101 Å². The highest BCUT2D eigenvalue weighted by Crippen LogP contribution is 2.34. The summed E-state index contributed by atoms with van der Waals surface area (Å²) in [7, 11) is 0. The molecule has 0 saturated carbocycles. The average Bonchev–Trinajstić information content (AvgIpc) is 3.30. The van der Waals surface area contributed by atoms with Crippen LogP contribution in [0.2, 0.25) is 0 Å². The van der Waals surface area contributed by atoms with Gasteiger partial charge >= 0.3 is 0 Å². The number of benzene rings is 3. The van der Waals surface area contributed by atoms with Crippen LogP contribution in [0.5, 0.6) is 0 Å². The van der Waals surface area contributed by atoms with Crippen molar-refractivity contribution in [2.24, 2.45) is 0 Å². The van der Waals surface area contributed by atoms with Crippen LogP contribution in [0.1, 0.15) is 41.4 Å². The van der Waals surface area contributed by atoms with E-state index in [4.69, 9.17) is 9.97 Å². The standard InChI is InChI=1S/C26H16N4O4S2/c31-23-15-7-1-2-8-16(15)24(32)29(23)13-35-21-22(28-20-12-6-5-11-19(20)27-21)36-14-30-25(33)17-9-3-4-10-18(17)26(30)34/h1-12H,13-14H2. The fourth-order valence-corrected chi connectivity index (χ4v) is 6.11. The van der Waals surface area contributed by atoms with E-state index in [0.717, 1.165) is 0 Å². The Morgan fingerprint density at radius 2 is 0.806 bits per heavy atom. The van der Waals surface area contributed by atoms with Gasteiger partial charge in [-0.15, -0.1) is 0 Å². The molecule has 0 N–H and O–H groups in total. The van der Waals surface area contributed by atoms with E-state index in [-0.39, 0.29) is 35.4 Å². The Bertz CT molecular complexity index is 1420. The van der Waals surface area contributed by atoms with Crippen molar-refractivity contribution in [1.29, 1.82) is 0 Å². The molecule has 176 valence electrons. The number of rotatable bonds is 6. The molecule has 0 aliphatic carbocycles. The van der Waals surface area contributed by atoms with Gasteiger partial charge in [0.25, 0.3) is 23.6 Å². The number of fused-ring (bicyclic) bond motifs is 3. The smallest absolute Gasteiger partial charge is 0.262 e. The van der Waals surface area contributed by atoms with Crippen LogP contribution in [-0.2, 0) is 0 Å². The number of amides is 4. The maximum absolute atomic E-state index is 12.8. The minimum Gasteiger partial charge on any atom is -0.269 e. The third-order valence-corrected chi connectivity index (χ3v) is 7.95. The molecule has 10 heteroatoms. The second-order valence-corrected chi connectivity index (χ2v) is 9.90. The third-order valence-electron chi connectivity index (χ3n) is 5.93. The zero-order valence-corrected chi connectivity index (χ0v) is 20.2. The molecular weight excluding hydrogens is 496 g/mol. The Morgan fingerprint density at radius 3 is 1.14 bits per heavy atom. The van der Waals surface area contributed by atoms with Gasteiger partial charge in [-0.25, -0.2) is 9.97 Å². The fraction of sp³-hybridized carbons (Fsp3) is 0.0769. The van der Waals surface area contributed by atoms with Crippen LogP contribution < -0.4 is 0 Å². The molecule has 2 aliphatic heterocycles. The number of thioether (sulfide) groups is 2. The summed E-state index contributed by atoms with van der Waals surface area (Å²) in [4.78, 5) is 62.9. The molecular formula is C26H16N4O4S2. The van der Waals surface area contributed by atoms with E-state index in [1.807, 2.05) is 24.3 Å². The summed E-state index contributed by atoms with van der Waals surface area (Å²) in [6.45, 7) is 0. The van der Waals surface area contributed by atoms with Gasteiger partial charge in [-0.05, 0) is 36.4 Å². The highest BCUT2D eigenvalue weighted by Gasteiger charge is 2.36. The quantitative estimate of drug-likeness (QED) is 0.278. The summed E-state index contributed by atoms with van der Waals surface area (Å²) in [6.07, 6.45) is 0. The lowest BCUT2D eigenvalue weighted by Gasteiger charge is -2.16. The van der Waals surface area contributed by atoms with Gasteiger partial charge < -0.3 is 0 Å². The molecule has 36 heavy (non-hydrogen) atoms. The van der Waals surface area contributed by atoms with Gasteiger partial charge in [0.2, 0.25) is 0 Å². The summed E-state index contributed by atoms with van der Waals surface area (Å²) < 4.78 is 0. The van der Waals surface area contributed by atoms with Crippen molar-refractivity contribution in [2.45, 2.75) is 10.1 Å². The highest BCUT2D eigenvalue weighted by molar-refractivity contribution is 8.02. The number of aromatic nitrogens is 2. The van der Waals surface area contributed by atoms with Gasteiger partial charge in [0.15, 0.2) is 0 Å². The van der Waals surface area contributed by atoms with E-state index in [9.17, 15) is 19.2 Å². The monoisotopic (exact) mass is 512 g/mol. The van der Waals surface area contributed by atoms with Gasteiger partial charge in [-0.2, -0.15) is 0 Å². The summed E-state index contributed by atoms with van der Waals surface area (Å²) in [5.74, 6) is -1.29. The normalized spacial score (nSPS) is 14.7. The molecule has 0 bridgehead atoms. The molecule has 4 amide bonds. The summed E-state index contributed by atoms with van der Waals surface area (Å²) >= 11 is 2.42. The van der Waals surface area contributed by atoms with Crippen LogP contribution in [0.25, 0.3) is 11.0 Å². The lowest BCUT2D eigenvalue weighted by atomic mass is 10.1. The predicted octanol–water partition coefficient (Wildman–Crippen LogP) is 4.32. The lowest BCUT2D eigenvalue weighted by Crippen LogP contribution is -2.29.